The molecule has 2 heterocycles. The van der Waals surface area contributed by atoms with E-state index < -0.39 is 5.41 Å². The van der Waals surface area contributed by atoms with Crippen molar-refractivity contribution in [3.63, 3.8) is 0 Å². The maximum Gasteiger partial charge on any atom is 0.164 e. The lowest BCUT2D eigenvalue weighted by molar-refractivity contribution is 0.660. The Kier molecular flexibility index (Phi) is 6.81. The summed E-state index contributed by atoms with van der Waals surface area (Å²) in [4.78, 5) is 10.6. The Labute approximate surface area is 321 Å². The zero-order valence-electron chi connectivity index (χ0n) is 30.7. The van der Waals surface area contributed by atoms with Gasteiger partial charge in [0.2, 0.25) is 0 Å². The number of nitrogens with zero attached hydrogens (tertiary/aromatic N) is 3. The van der Waals surface area contributed by atoms with E-state index in [0.29, 0.717) is 0 Å². The van der Waals surface area contributed by atoms with Gasteiger partial charge in [-0.25, -0.2) is 9.97 Å². The normalized spacial score (nSPS) is 14.3. The largest absolute Gasteiger partial charge is 0.296 e. The van der Waals surface area contributed by atoms with E-state index in [1.807, 2.05) is 6.20 Å². The molecule has 0 aliphatic heterocycles. The molecule has 260 valence electrons. The van der Waals surface area contributed by atoms with Crippen molar-refractivity contribution in [1.82, 2.24) is 14.4 Å². The summed E-state index contributed by atoms with van der Waals surface area (Å²) in [7, 11) is 0. The molecule has 3 nitrogen and oxygen atoms in total. The van der Waals surface area contributed by atoms with Crippen LogP contribution in [0.3, 0.4) is 0 Å². The van der Waals surface area contributed by atoms with Crippen molar-refractivity contribution < 1.29 is 0 Å². The number of aromatic nitrogens is 3. The number of rotatable bonds is 5. The van der Waals surface area contributed by atoms with Gasteiger partial charge in [0.25, 0.3) is 0 Å². The zero-order valence-corrected chi connectivity index (χ0v) is 30.7. The van der Waals surface area contributed by atoms with E-state index >= 15 is 0 Å². The van der Waals surface area contributed by atoms with E-state index in [9.17, 15) is 0 Å². The van der Waals surface area contributed by atoms with E-state index in [4.69, 9.17) is 9.97 Å². The van der Waals surface area contributed by atoms with E-state index in [1.165, 1.54) is 55.6 Å². The van der Waals surface area contributed by atoms with Crippen molar-refractivity contribution in [3.05, 3.63) is 222 Å². The number of fused-ring (bicyclic) bond motifs is 7. The number of imidazole rings is 1. The minimum Gasteiger partial charge on any atom is -0.296 e. The monoisotopic (exact) mass is 703 g/mol. The zero-order chi connectivity index (χ0) is 36.7. The predicted octanol–water partition coefficient (Wildman–Crippen LogP) is 12.4. The highest BCUT2D eigenvalue weighted by Gasteiger charge is 2.46. The summed E-state index contributed by atoms with van der Waals surface area (Å²) in [5, 5.41) is 0. The lowest BCUT2D eigenvalue weighted by atomic mass is 9.67. The van der Waals surface area contributed by atoms with Crippen molar-refractivity contribution in [2.24, 2.45) is 0 Å². The van der Waals surface area contributed by atoms with Crippen molar-refractivity contribution in [2.45, 2.75) is 24.7 Å². The Balaban J connectivity index is 1.17. The van der Waals surface area contributed by atoms with E-state index in [1.54, 1.807) is 0 Å². The van der Waals surface area contributed by atoms with Crippen LogP contribution in [0.1, 0.15) is 47.2 Å². The lowest BCUT2D eigenvalue weighted by Gasteiger charge is -2.34. The summed E-state index contributed by atoms with van der Waals surface area (Å²) >= 11 is 0. The third kappa shape index (κ3) is 4.50. The summed E-state index contributed by atoms with van der Waals surface area (Å²) < 4.78 is 2.24. The molecular weight excluding hydrogens is 667 g/mol. The van der Waals surface area contributed by atoms with Gasteiger partial charge in [-0.2, -0.15) is 0 Å². The van der Waals surface area contributed by atoms with Crippen LogP contribution in [0.25, 0.3) is 61.7 Å². The first-order chi connectivity index (χ1) is 27.0. The average molecular weight is 704 g/mol. The molecule has 0 N–H and O–H groups in total. The molecule has 0 atom stereocenters. The molecular formula is C52H37N3. The second-order valence-corrected chi connectivity index (χ2v) is 15.4. The molecule has 2 aliphatic carbocycles. The van der Waals surface area contributed by atoms with Gasteiger partial charge in [0.1, 0.15) is 5.69 Å². The van der Waals surface area contributed by atoms with Crippen molar-refractivity contribution in [2.75, 3.05) is 0 Å². The Morgan fingerprint density at radius 3 is 1.67 bits per heavy atom. The van der Waals surface area contributed by atoms with Gasteiger partial charge in [0.05, 0.1) is 23.0 Å². The Hall–Kier alpha value is -6.84. The molecule has 9 aromatic rings. The fraction of sp³-hybridized carbons (Fsp3) is 0.0769. The molecule has 0 fully saturated rings. The second kappa shape index (κ2) is 11.8. The summed E-state index contributed by atoms with van der Waals surface area (Å²) in [5.74, 6) is 0. The first kappa shape index (κ1) is 31.7. The molecule has 0 spiro atoms. The van der Waals surface area contributed by atoms with Gasteiger partial charge in [0, 0.05) is 28.3 Å². The van der Waals surface area contributed by atoms with Crippen LogP contribution in [-0.2, 0) is 10.8 Å². The van der Waals surface area contributed by atoms with Crippen LogP contribution >= 0.6 is 0 Å². The van der Waals surface area contributed by atoms with Gasteiger partial charge in [0.15, 0.2) is 5.65 Å². The van der Waals surface area contributed by atoms with Gasteiger partial charge >= 0.3 is 0 Å². The first-order valence-electron chi connectivity index (χ1n) is 19.1. The first-order valence-corrected chi connectivity index (χ1v) is 19.1. The summed E-state index contributed by atoms with van der Waals surface area (Å²) in [5.41, 5.74) is 19.1. The average Bonchev–Trinajstić information content (AvgIpc) is 3.88. The Morgan fingerprint density at radius 2 is 0.982 bits per heavy atom. The van der Waals surface area contributed by atoms with E-state index in [2.05, 4.69) is 200 Å². The van der Waals surface area contributed by atoms with E-state index in [0.717, 1.165) is 39.4 Å². The third-order valence-corrected chi connectivity index (χ3v) is 12.2. The molecule has 55 heavy (non-hydrogen) atoms. The lowest BCUT2D eigenvalue weighted by Crippen LogP contribution is -2.28. The Bertz CT molecular complexity index is 2900. The van der Waals surface area contributed by atoms with Crippen LogP contribution < -0.4 is 0 Å². The third-order valence-electron chi connectivity index (χ3n) is 12.2. The van der Waals surface area contributed by atoms with Crippen LogP contribution in [0.5, 0.6) is 0 Å². The topological polar surface area (TPSA) is 30.2 Å². The molecule has 2 aromatic heterocycles. The van der Waals surface area contributed by atoms with Gasteiger partial charge in [-0.3, -0.25) is 4.40 Å². The second-order valence-electron chi connectivity index (χ2n) is 15.4. The van der Waals surface area contributed by atoms with Crippen LogP contribution in [0.4, 0.5) is 0 Å². The van der Waals surface area contributed by atoms with Crippen LogP contribution in [-0.4, -0.2) is 14.4 Å². The molecule has 0 bridgehead atoms. The standard InChI is InChI=1S/C52H37N3/c1-51(2)43-24-14-12-22-39(43)41-29-27-36(31-45(41)51)49-50-53-32-48(34-16-6-3-7-17-34)55(50)33-47(54-49)35-26-28-42-40-23-13-15-25-44(40)52(46(42)30-35,37-18-8-4-9-19-37)38-20-10-5-11-21-38/h3-33H,1-2H3. The predicted molar refractivity (Wildman–Crippen MR) is 224 cm³/mol. The SMILES string of the molecule is CC1(C)c2ccccc2-c2ccc(-c3nc(-c4ccc5c(c4)C(c4ccccc4)(c4ccccc4)c4ccccc4-5)cn4c(-c5ccccc5)cnc34)cc21. The quantitative estimate of drug-likeness (QED) is 0.179. The highest BCUT2D eigenvalue weighted by Crippen LogP contribution is 2.57. The molecule has 3 heteroatoms. The molecule has 0 saturated heterocycles. The van der Waals surface area contributed by atoms with Crippen LogP contribution in [0, 0.1) is 0 Å². The van der Waals surface area contributed by atoms with Gasteiger partial charge in [-0.15, -0.1) is 0 Å². The summed E-state index contributed by atoms with van der Waals surface area (Å²) in [6.07, 6.45) is 4.17. The number of hydrogen-bond donors (Lipinski definition) is 0. The highest BCUT2D eigenvalue weighted by molar-refractivity contribution is 5.90. The van der Waals surface area contributed by atoms with Crippen molar-refractivity contribution in [3.8, 4) is 56.0 Å². The van der Waals surface area contributed by atoms with E-state index in [-0.39, 0.29) is 5.41 Å². The van der Waals surface area contributed by atoms with Gasteiger partial charge in [-0.05, 0) is 67.8 Å². The molecule has 0 amide bonds. The van der Waals surface area contributed by atoms with Crippen LogP contribution in [0.2, 0.25) is 0 Å². The molecule has 0 unspecified atom stereocenters. The number of benzene rings is 7. The van der Waals surface area contributed by atoms with Gasteiger partial charge in [-0.1, -0.05) is 178 Å². The van der Waals surface area contributed by atoms with Crippen LogP contribution in [0.15, 0.2) is 188 Å². The smallest absolute Gasteiger partial charge is 0.164 e. The van der Waals surface area contributed by atoms with Gasteiger partial charge < -0.3 is 0 Å². The minimum atomic E-state index is -0.498. The molecule has 2 aliphatic rings. The fourth-order valence-electron chi connectivity index (χ4n) is 9.60. The molecule has 0 saturated carbocycles. The fourth-order valence-corrected chi connectivity index (χ4v) is 9.60. The summed E-state index contributed by atoms with van der Waals surface area (Å²) in [6, 6.07) is 64.0. The molecule has 11 rings (SSSR count). The minimum absolute atomic E-state index is 0.131. The van der Waals surface area contributed by atoms with Crippen molar-refractivity contribution in [1.29, 1.82) is 0 Å². The van der Waals surface area contributed by atoms with Crippen molar-refractivity contribution >= 4 is 5.65 Å². The summed E-state index contributed by atoms with van der Waals surface area (Å²) in [6.45, 7) is 4.66. The molecule has 7 aromatic carbocycles. The Morgan fingerprint density at radius 1 is 0.455 bits per heavy atom. The highest BCUT2D eigenvalue weighted by atomic mass is 15.0. The maximum atomic E-state index is 5.56. The maximum absolute atomic E-state index is 5.56. The number of hydrogen-bond acceptors (Lipinski definition) is 2. The molecule has 0 radical (unpaired) electrons.